The average molecular weight is 528 g/mol. The Morgan fingerprint density at radius 3 is 2.84 bits per heavy atom. The maximum atomic E-state index is 12.5. The highest BCUT2D eigenvalue weighted by Crippen LogP contribution is 2.34. The number of aromatic amines is 1. The standard InChI is InChI=1S/C25H30ClN7O4/c1-33-24(28-18-7-6-17-16(22(18)26)12-27-31-17)29-23(32-33)15-5-8-19(20(11-15)36-2)37-13-21(35)30-25(14-34)9-3-4-10-25/h5-8,11-12,23,32,34H,3-4,9-10,13-14H2,1-2H3,(H,27,31)(H,28,29)(H,30,35). The second kappa shape index (κ2) is 10.4. The van der Waals surface area contributed by atoms with Gasteiger partial charge in [0.2, 0.25) is 5.96 Å². The summed E-state index contributed by atoms with van der Waals surface area (Å²) in [5.74, 6) is 1.25. The molecule has 0 spiro atoms. The number of guanidine groups is 1. The predicted octanol–water partition coefficient (Wildman–Crippen LogP) is 2.94. The summed E-state index contributed by atoms with van der Waals surface area (Å²) in [6, 6.07) is 9.21. The van der Waals surface area contributed by atoms with Crippen LogP contribution in [0.15, 0.2) is 41.5 Å². The predicted molar refractivity (Wildman–Crippen MR) is 141 cm³/mol. The van der Waals surface area contributed by atoms with Gasteiger partial charge in [-0.05, 0) is 42.7 Å². The number of halogens is 1. The number of carbonyl (C=O) groups is 1. The Balaban J connectivity index is 1.26. The van der Waals surface area contributed by atoms with Crippen LogP contribution in [0.4, 0.5) is 5.69 Å². The van der Waals surface area contributed by atoms with Gasteiger partial charge in [-0.3, -0.25) is 14.9 Å². The lowest BCUT2D eigenvalue weighted by Gasteiger charge is -2.28. The number of nitrogens with zero attached hydrogens (tertiary/aromatic N) is 3. The van der Waals surface area contributed by atoms with E-state index in [0.717, 1.165) is 42.1 Å². The summed E-state index contributed by atoms with van der Waals surface area (Å²) in [6.45, 7) is -0.239. The molecule has 5 rings (SSSR count). The molecule has 12 heteroatoms. The summed E-state index contributed by atoms with van der Waals surface area (Å²) in [5, 5.41) is 26.0. The SMILES string of the molecule is COc1cc(C2N=C(Nc3ccc4[nH]ncc4c3Cl)N(C)N2)ccc1OCC(=O)NC1(CO)CCCC1. The van der Waals surface area contributed by atoms with Gasteiger partial charge >= 0.3 is 0 Å². The van der Waals surface area contributed by atoms with Gasteiger partial charge in [0.15, 0.2) is 18.1 Å². The number of hydrazine groups is 1. The zero-order valence-electron chi connectivity index (χ0n) is 20.7. The molecule has 5 N–H and O–H groups in total. The monoisotopic (exact) mass is 527 g/mol. The topological polar surface area (TPSA) is 136 Å². The molecule has 1 amide bonds. The van der Waals surface area contributed by atoms with Crippen molar-refractivity contribution in [1.82, 2.24) is 25.9 Å². The van der Waals surface area contributed by atoms with Crippen molar-refractivity contribution in [3.8, 4) is 11.5 Å². The first-order valence-corrected chi connectivity index (χ1v) is 12.5. The molecule has 37 heavy (non-hydrogen) atoms. The number of methoxy groups -OCH3 is 1. The average Bonchev–Trinajstić information content (AvgIpc) is 3.65. The quantitative estimate of drug-likeness (QED) is 0.302. The Kier molecular flexibility index (Phi) is 7.09. The summed E-state index contributed by atoms with van der Waals surface area (Å²) in [4.78, 5) is 17.2. The van der Waals surface area contributed by atoms with Gasteiger partial charge in [-0.2, -0.15) is 5.10 Å². The number of carbonyl (C=O) groups excluding carboxylic acids is 1. The number of hydrogen-bond donors (Lipinski definition) is 5. The van der Waals surface area contributed by atoms with Gasteiger partial charge in [0, 0.05) is 12.4 Å². The van der Waals surface area contributed by atoms with Gasteiger partial charge in [-0.1, -0.05) is 30.5 Å². The van der Waals surface area contributed by atoms with E-state index in [2.05, 4.69) is 26.3 Å². The molecule has 1 saturated carbocycles. The number of aromatic nitrogens is 2. The number of aliphatic hydroxyl groups excluding tert-OH is 1. The van der Waals surface area contributed by atoms with Crippen LogP contribution >= 0.6 is 11.6 Å². The minimum absolute atomic E-state index is 0.0684. The molecular weight excluding hydrogens is 498 g/mol. The first-order chi connectivity index (χ1) is 17.9. The summed E-state index contributed by atoms with van der Waals surface area (Å²) in [5.41, 5.74) is 5.16. The molecule has 0 saturated heterocycles. The van der Waals surface area contributed by atoms with E-state index >= 15 is 0 Å². The van der Waals surface area contributed by atoms with E-state index in [0.29, 0.717) is 28.2 Å². The van der Waals surface area contributed by atoms with Crippen LogP contribution in [0, 0.1) is 0 Å². The van der Waals surface area contributed by atoms with E-state index < -0.39 is 5.54 Å². The third-order valence-corrected chi connectivity index (χ3v) is 7.23. The minimum atomic E-state index is -0.535. The highest BCUT2D eigenvalue weighted by atomic mass is 35.5. The second-order valence-electron chi connectivity index (χ2n) is 9.32. The van der Waals surface area contributed by atoms with Crippen LogP contribution in [-0.2, 0) is 4.79 Å². The lowest BCUT2D eigenvalue weighted by Crippen LogP contribution is -2.50. The van der Waals surface area contributed by atoms with Crippen molar-refractivity contribution in [3.63, 3.8) is 0 Å². The number of aliphatic imine (C=N–C) groups is 1. The molecule has 0 radical (unpaired) electrons. The van der Waals surface area contributed by atoms with Crippen molar-refractivity contribution < 1.29 is 19.4 Å². The minimum Gasteiger partial charge on any atom is -0.493 e. The van der Waals surface area contributed by atoms with Crippen molar-refractivity contribution in [2.45, 2.75) is 37.4 Å². The van der Waals surface area contributed by atoms with Gasteiger partial charge in [0.05, 0.1) is 41.7 Å². The molecule has 196 valence electrons. The third-order valence-electron chi connectivity index (χ3n) is 6.82. The molecule has 3 aromatic rings. The largest absolute Gasteiger partial charge is 0.493 e. The first kappa shape index (κ1) is 25.1. The number of amides is 1. The van der Waals surface area contributed by atoms with Crippen LogP contribution in [0.25, 0.3) is 10.9 Å². The Labute approximate surface area is 219 Å². The number of hydrogen-bond acceptors (Lipinski definition) is 9. The number of benzene rings is 2. The van der Waals surface area contributed by atoms with E-state index in [4.69, 9.17) is 26.1 Å². The Morgan fingerprint density at radius 1 is 1.27 bits per heavy atom. The Morgan fingerprint density at radius 2 is 2.08 bits per heavy atom. The Hall–Kier alpha value is -3.54. The molecule has 2 aromatic carbocycles. The number of nitrogens with one attached hydrogen (secondary N) is 4. The molecular formula is C25H30ClN7O4. The lowest BCUT2D eigenvalue weighted by atomic mass is 9.99. The molecule has 11 nitrogen and oxygen atoms in total. The number of fused-ring (bicyclic) bond motifs is 1. The molecule has 2 heterocycles. The van der Waals surface area contributed by atoms with Gasteiger partial charge < -0.3 is 25.2 Å². The van der Waals surface area contributed by atoms with E-state index in [1.165, 1.54) is 0 Å². The smallest absolute Gasteiger partial charge is 0.258 e. The molecule has 1 fully saturated rings. The van der Waals surface area contributed by atoms with Crippen LogP contribution < -0.4 is 25.5 Å². The van der Waals surface area contributed by atoms with E-state index in [1.807, 2.05) is 31.3 Å². The number of H-pyrrole nitrogens is 1. The first-order valence-electron chi connectivity index (χ1n) is 12.1. The van der Waals surface area contributed by atoms with Gasteiger partial charge in [0.1, 0.15) is 6.17 Å². The van der Waals surface area contributed by atoms with Crippen LogP contribution in [0.5, 0.6) is 11.5 Å². The van der Waals surface area contributed by atoms with Crippen molar-refractivity contribution in [1.29, 1.82) is 0 Å². The number of ether oxygens (including phenoxy) is 2. The molecule has 1 atom stereocenters. The molecule has 1 aliphatic carbocycles. The van der Waals surface area contributed by atoms with Crippen molar-refractivity contribution in [2.24, 2.45) is 4.99 Å². The number of aliphatic hydroxyl groups is 1. The maximum absolute atomic E-state index is 12.5. The lowest BCUT2D eigenvalue weighted by molar-refractivity contribution is -0.125. The normalized spacial score (nSPS) is 18.6. The molecule has 0 bridgehead atoms. The van der Waals surface area contributed by atoms with Crippen molar-refractivity contribution in [2.75, 3.05) is 32.7 Å². The summed E-state index contributed by atoms with van der Waals surface area (Å²) in [7, 11) is 3.40. The summed E-state index contributed by atoms with van der Waals surface area (Å²) in [6.07, 6.45) is 4.85. The van der Waals surface area contributed by atoms with Crippen LogP contribution in [0.3, 0.4) is 0 Å². The van der Waals surface area contributed by atoms with E-state index in [1.54, 1.807) is 24.4 Å². The molecule has 1 aromatic heterocycles. The fourth-order valence-corrected chi connectivity index (χ4v) is 5.03. The van der Waals surface area contributed by atoms with Gasteiger partial charge in [-0.15, -0.1) is 0 Å². The fraction of sp³-hybridized carbons (Fsp3) is 0.400. The third kappa shape index (κ3) is 5.15. The number of anilines is 1. The van der Waals surface area contributed by atoms with Crippen molar-refractivity contribution >= 4 is 40.1 Å². The summed E-state index contributed by atoms with van der Waals surface area (Å²) >= 11 is 6.55. The van der Waals surface area contributed by atoms with Crippen molar-refractivity contribution in [3.05, 3.63) is 47.1 Å². The van der Waals surface area contributed by atoms with E-state index in [-0.39, 0.29) is 25.3 Å². The van der Waals surface area contributed by atoms with Crippen LogP contribution in [-0.4, -0.2) is 65.1 Å². The molecule has 1 unspecified atom stereocenters. The maximum Gasteiger partial charge on any atom is 0.258 e. The number of rotatable bonds is 8. The zero-order chi connectivity index (χ0) is 26.0. The fourth-order valence-electron chi connectivity index (χ4n) is 4.77. The Bertz CT molecular complexity index is 1320. The van der Waals surface area contributed by atoms with Crippen LogP contribution in [0.2, 0.25) is 5.02 Å². The van der Waals surface area contributed by atoms with E-state index in [9.17, 15) is 9.90 Å². The van der Waals surface area contributed by atoms with Gasteiger partial charge in [-0.25, -0.2) is 10.4 Å². The van der Waals surface area contributed by atoms with Crippen LogP contribution in [0.1, 0.15) is 37.4 Å². The highest BCUT2D eigenvalue weighted by molar-refractivity contribution is 6.38. The zero-order valence-corrected chi connectivity index (χ0v) is 21.4. The van der Waals surface area contributed by atoms with Gasteiger partial charge in [0.25, 0.3) is 5.91 Å². The second-order valence-corrected chi connectivity index (χ2v) is 9.70. The molecule has 2 aliphatic rings. The summed E-state index contributed by atoms with van der Waals surface area (Å²) < 4.78 is 11.3. The highest BCUT2D eigenvalue weighted by Gasteiger charge is 2.34. The molecule has 1 aliphatic heterocycles.